The van der Waals surface area contributed by atoms with Gasteiger partial charge in [0.05, 0.1) is 6.54 Å². The summed E-state index contributed by atoms with van der Waals surface area (Å²) in [7, 11) is 0. The van der Waals surface area contributed by atoms with Crippen LogP contribution in [0, 0.1) is 0 Å². The Morgan fingerprint density at radius 1 is 1.07 bits per heavy atom. The zero-order chi connectivity index (χ0) is 19.5. The largest absolute Gasteiger partial charge is 0.357 e. The molecule has 2 aromatic rings. The second-order valence-electron chi connectivity index (χ2n) is 6.77. The lowest BCUT2D eigenvalue weighted by atomic mass is 9.76. The van der Waals surface area contributed by atoms with Crippen molar-refractivity contribution in [2.45, 2.75) is 58.9 Å². The van der Waals surface area contributed by atoms with Gasteiger partial charge in [0.15, 0.2) is 5.96 Å². The van der Waals surface area contributed by atoms with E-state index in [-0.39, 0.29) is 5.41 Å². The van der Waals surface area contributed by atoms with Crippen LogP contribution in [0.1, 0.15) is 51.9 Å². The van der Waals surface area contributed by atoms with Crippen molar-refractivity contribution in [3.8, 4) is 0 Å². The number of rotatable bonds is 10. The number of nitrogens with one attached hydrogen (secondary N) is 2. The average Bonchev–Trinajstić information content (AvgIpc) is 3.17. The highest BCUT2D eigenvalue weighted by molar-refractivity contribution is 5.79. The van der Waals surface area contributed by atoms with Gasteiger partial charge in [-0.15, -0.1) is 10.2 Å². The number of hydrogen-bond donors (Lipinski definition) is 2. The molecule has 0 saturated carbocycles. The van der Waals surface area contributed by atoms with Gasteiger partial charge in [0.1, 0.15) is 12.2 Å². The van der Waals surface area contributed by atoms with Gasteiger partial charge in [0, 0.05) is 31.5 Å². The Labute approximate surface area is 163 Å². The van der Waals surface area contributed by atoms with E-state index in [0.717, 1.165) is 57.2 Å². The summed E-state index contributed by atoms with van der Waals surface area (Å²) in [4.78, 5) is 4.92. The molecule has 1 aromatic heterocycles. The first kappa shape index (κ1) is 20.9. The maximum absolute atomic E-state index is 4.92. The smallest absolute Gasteiger partial charge is 0.191 e. The molecular formula is C21H34N6. The number of aromatic nitrogens is 3. The molecule has 0 aliphatic heterocycles. The van der Waals surface area contributed by atoms with Crippen molar-refractivity contribution in [1.82, 2.24) is 25.4 Å². The van der Waals surface area contributed by atoms with Crippen LogP contribution in [0.15, 0.2) is 41.7 Å². The minimum Gasteiger partial charge on any atom is -0.357 e. The van der Waals surface area contributed by atoms with Crippen molar-refractivity contribution >= 4 is 5.96 Å². The van der Waals surface area contributed by atoms with Crippen molar-refractivity contribution < 1.29 is 0 Å². The van der Waals surface area contributed by atoms with Gasteiger partial charge in [0.25, 0.3) is 0 Å². The number of hydrogen-bond acceptors (Lipinski definition) is 3. The fourth-order valence-corrected chi connectivity index (χ4v) is 3.37. The van der Waals surface area contributed by atoms with E-state index in [1.807, 2.05) is 0 Å². The van der Waals surface area contributed by atoms with Crippen LogP contribution in [0.2, 0.25) is 0 Å². The Morgan fingerprint density at radius 2 is 1.81 bits per heavy atom. The van der Waals surface area contributed by atoms with Crippen LogP contribution in [0.3, 0.4) is 0 Å². The summed E-state index contributed by atoms with van der Waals surface area (Å²) >= 11 is 0. The molecule has 2 rings (SSSR count). The standard InChI is InChI=1S/C21H34N6/c1-5-19-26-25-17-27(19)15-14-23-20(22-8-4)24-16-21(6-2,7-3)18-12-10-9-11-13-18/h9-13,17H,5-8,14-16H2,1-4H3,(H2,22,23,24). The van der Waals surface area contributed by atoms with Crippen LogP contribution in [0.5, 0.6) is 0 Å². The van der Waals surface area contributed by atoms with Gasteiger partial charge in [-0.3, -0.25) is 4.99 Å². The zero-order valence-corrected chi connectivity index (χ0v) is 17.2. The molecule has 0 fully saturated rings. The third-order valence-electron chi connectivity index (χ3n) is 5.28. The molecule has 1 heterocycles. The number of nitrogens with zero attached hydrogens (tertiary/aromatic N) is 4. The van der Waals surface area contributed by atoms with Gasteiger partial charge >= 0.3 is 0 Å². The highest BCUT2D eigenvalue weighted by Crippen LogP contribution is 2.31. The van der Waals surface area contributed by atoms with Crippen molar-refractivity contribution in [2.24, 2.45) is 4.99 Å². The summed E-state index contributed by atoms with van der Waals surface area (Å²) in [6, 6.07) is 10.8. The monoisotopic (exact) mass is 370 g/mol. The molecule has 0 aliphatic rings. The lowest BCUT2D eigenvalue weighted by Crippen LogP contribution is -2.40. The van der Waals surface area contributed by atoms with Crippen molar-refractivity contribution in [3.05, 3.63) is 48.0 Å². The molecule has 2 N–H and O–H groups in total. The number of aliphatic imine (C=N–C) groups is 1. The molecule has 27 heavy (non-hydrogen) atoms. The fraction of sp³-hybridized carbons (Fsp3) is 0.571. The van der Waals surface area contributed by atoms with E-state index in [4.69, 9.17) is 4.99 Å². The first-order chi connectivity index (χ1) is 13.2. The average molecular weight is 371 g/mol. The van der Waals surface area contributed by atoms with E-state index < -0.39 is 0 Å². The highest BCUT2D eigenvalue weighted by atomic mass is 15.3. The highest BCUT2D eigenvalue weighted by Gasteiger charge is 2.28. The first-order valence-electron chi connectivity index (χ1n) is 10.1. The van der Waals surface area contributed by atoms with E-state index in [1.165, 1.54) is 5.56 Å². The summed E-state index contributed by atoms with van der Waals surface area (Å²) in [6.07, 6.45) is 4.81. The number of benzene rings is 1. The van der Waals surface area contributed by atoms with E-state index >= 15 is 0 Å². The van der Waals surface area contributed by atoms with Crippen molar-refractivity contribution in [1.29, 1.82) is 0 Å². The Morgan fingerprint density at radius 3 is 2.44 bits per heavy atom. The minimum atomic E-state index is 0.0766. The SMILES string of the molecule is CCNC(=NCC(CC)(CC)c1ccccc1)NCCn1cnnc1CC. The topological polar surface area (TPSA) is 67.1 Å². The molecule has 0 bridgehead atoms. The molecule has 0 atom stereocenters. The van der Waals surface area contributed by atoms with Gasteiger partial charge in [-0.25, -0.2) is 0 Å². The van der Waals surface area contributed by atoms with Crippen molar-refractivity contribution in [2.75, 3.05) is 19.6 Å². The van der Waals surface area contributed by atoms with Gasteiger partial charge in [-0.2, -0.15) is 0 Å². The van der Waals surface area contributed by atoms with E-state index in [2.05, 4.69) is 83.4 Å². The first-order valence-corrected chi connectivity index (χ1v) is 10.1. The second-order valence-corrected chi connectivity index (χ2v) is 6.77. The summed E-state index contributed by atoms with van der Waals surface area (Å²) in [5.41, 5.74) is 1.44. The lowest BCUT2D eigenvalue weighted by Gasteiger charge is -2.31. The molecule has 0 unspecified atom stereocenters. The summed E-state index contributed by atoms with van der Waals surface area (Å²) < 4.78 is 2.09. The van der Waals surface area contributed by atoms with Crippen molar-refractivity contribution in [3.63, 3.8) is 0 Å². The summed E-state index contributed by atoms with van der Waals surface area (Å²) in [5.74, 6) is 1.88. The molecule has 0 spiro atoms. The number of guanidine groups is 1. The quantitative estimate of drug-likeness (QED) is 0.498. The van der Waals surface area contributed by atoms with Gasteiger partial charge in [0.2, 0.25) is 0 Å². The molecule has 148 valence electrons. The molecule has 6 heteroatoms. The maximum atomic E-state index is 4.92. The van der Waals surface area contributed by atoms with E-state index in [0.29, 0.717) is 0 Å². The molecule has 0 aliphatic carbocycles. The van der Waals surface area contributed by atoms with Crippen LogP contribution < -0.4 is 10.6 Å². The molecule has 0 radical (unpaired) electrons. The van der Waals surface area contributed by atoms with Gasteiger partial charge < -0.3 is 15.2 Å². The molecule has 6 nitrogen and oxygen atoms in total. The van der Waals surface area contributed by atoms with Crippen LogP contribution in [0.25, 0.3) is 0 Å². The second kappa shape index (κ2) is 10.7. The lowest BCUT2D eigenvalue weighted by molar-refractivity contribution is 0.406. The third kappa shape index (κ3) is 5.55. The molecule has 0 amide bonds. The Balaban J connectivity index is 2.04. The van der Waals surface area contributed by atoms with E-state index in [9.17, 15) is 0 Å². The van der Waals surface area contributed by atoms with Gasteiger partial charge in [-0.05, 0) is 25.3 Å². The molecule has 1 aromatic carbocycles. The Hall–Kier alpha value is -2.37. The summed E-state index contributed by atoms with van der Waals surface area (Å²) in [6.45, 7) is 11.9. The van der Waals surface area contributed by atoms with E-state index in [1.54, 1.807) is 6.33 Å². The normalized spacial score (nSPS) is 12.2. The predicted octanol–water partition coefficient (Wildman–Crippen LogP) is 3.15. The maximum Gasteiger partial charge on any atom is 0.191 e. The molecular weight excluding hydrogens is 336 g/mol. The fourth-order valence-electron chi connectivity index (χ4n) is 3.37. The predicted molar refractivity (Wildman–Crippen MR) is 112 cm³/mol. The van der Waals surface area contributed by atoms with Crippen LogP contribution in [-0.4, -0.2) is 40.4 Å². The Kier molecular flexibility index (Phi) is 8.30. The van der Waals surface area contributed by atoms with Crippen LogP contribution >= 0.6 is 0 Å². The van der Waals surface area contributed by atoms with Gasteiger partial charge in [-0.1, -0.05) is 51.1 Å². The van der Waals surface area contributed by atoms with Crippen LogP contribution in [-0.2, 0) is 18.4 Å². The summed E-state index contributed by atoms with van der Waals surface area (Å²) in [5, 5.41) is 14.9. The zero-order valence-electron chi connectivity index (χ0n) is 17.2. The third-order valence-corrected chi connectivity index (χ3v) is 5.28. The molecule has 0 saturated heterocycles. The van der Waals surface area contributed by atoms with Crippen LogP contribution in [0.4, 0.5) is 0 Å². The minimum absolute atomic E-state index is 0.0766. The Bertz CT molecular complexity index is 688. The number of aryl methyl sites for hydroxylation is 1.